The number of piperidine rings is 1. The number of amides is 3. The Balaban J connectivity index is 0.000000203. The zero-order valence-corrected chi connectivity index (χ0v) is 12.9. The molecule has 2 aliphatic heterocycles. The van der Waals surface area contributed by atoms with E-state index in [-0.39, 0.29) is 12.1 Å². The lowest BCUT2D eigenvalue weighted by molar-refractivity contribution is -0.120. The van der Waals surface area contributed by atoms with E-state index in [0.717, 1.165) is 25.9 Å². The second kappa shape index (κ2) is 9.39. The Morgan fingerprint density at radius 1 is 1.53 bits per heavy atom. The quantitative estimate of drug-likeness (QED) is 0.303. The highest BCUT2D eigenvalue weighted by Crippen LogP contribution is 2.26. The molecule has 3 amide bonds. The van der Waals surface area contributed by atoms with E-state index in [1.807, 2.05) is 4.90 Å². The maximum absolute atomic E-state index is 11.3. The molecule has 10 heteroatoms. The van der Waals surface area contributed by atoms with Gasteiger partial charge in [-0.1, -0.05) is 9.39 Å². The van der Waals surface area contributed by atoms with E-state index in [4.69, 9.17) is 4.62 Å². The molecule has 2 heterocycles. The first-order valence-corrected chi connectivity index (χ1v) is 6.98. The third kappa shape index (κ3) is 5.16. The molecule has 0 aliphatic carbocycles. The van der Waals surface area contributed by atoms with Crippen LogP contribution in [0.2, 0.25) is 0 Å². The average molecular weight is 310 g/mol. The van der Waals surface area contributed by atoms with Gasteiger partial charge in [0.1, 0.15) is 0 Å². The van der Waals surface area contributed by atoms with Crippen LogP contribution in [0, 0.1) is 0 Å². The molecule has 2 unspecified atom stereocenters. The largest absolute Gasteiger partial charge is 0.344 e. The van der Waals surface area contributed by atoms with Gasteiger partial charge in [-0.05, 0) is 12.8 Å². The Morgan fingerprint density at radius 2 is 2.32 bits per heavy atom. The molecule has 0 saturated carbocycles. The lowest BCUT2D eigenvalue weighted by Crippen LogP contribution is -2.30. The van der Waals surface area contributed by atoms with Gasteiger partial charge in [0.05, 0.1) is 12.6 Å². The summed E-state index contributed by atoms with van der Waals surface area (Å²) in [5.41, 5.74) is 2.05. The predicted octanol–water partition coefficient (Wildman–Crippen LogP) is -0.348. The van der Waals surface area contributed by atoms with Crippen molar-refractivity contribution in [2.45, 2.75) is 18.9 Å². The highest BCUT2D eigenvalue weighted by Gasteiger charge is 2.40. The van der Waals surface area contributed by atoms with Crippen LogP contribution in [-0.4, -0.2) is 54.7 Å². The van der Waals surface area contributed by atoms with Gasteiger partial charge in [-0.25, -0.2) is 10.3 Å². The van der Waals surface area contributed by atoms with Crippen molar-refractivity contribution in [1.82, 2.24) is 20.5 Å². The summed E-state index contributed by atoms with van der Waals surface area (Å²) in [4.78, 5) is 27.2. The minimum Gasteiger partial charge on any atom is -0.321 e. The van der Waals surface area contributed by atoms with Crippen LogP contribution in [0.1, 0.15) is 12.8 Å². The van der Waals surface area contributed by atoms with Crippen molar-refractivity contribution in [3.63, 3.8) is 0 Å². The molecule has 110 valence electrons. The van der Waals surface area contributed by atoms with Gasteiger partial charge in [-0.2, -0.15) is 5.06 Å². The van der Waals surface area contributed by atoms with Gasteiger partial charge in [-0.3, -0.25) is 19.3 Å². The molecule has 0 aromatic carbocycles. The monoisotopic (exact) mass is 310 g/mol. The Morgan fingerprint density at radius 3 is 2.89 bits per heavy atom. The Labute approximate surface area is 117 Å². The SMILES string of the molecule is O=C1N2CCC[C@H](C2)N1OP.O=CNOCCNP. The van der Waals surface area contributed by atoms with Crippen LogP contribution in [-0.2, 0) is 14.3 Å². The second-order valence-corrected chi connectivity index (χ2v) is 4.61. The molecule has 3 atom stereocenters. The van der Waals surface area contributed by atoms with Gasteiger partial charge in [0.25, 0.3) is 0 Å². The maximum atomic E-state index is 11.3. The summed E-state index contributed by atoms with van der Waals surface area (Å²) in [7, 11) is 4.44. The standard InChI is InChI=1S/C6H11N2O2P.C3H9N2O2P/c9-6-7-3-1-2-5(4-7)8(6)10-11;6-3-4-7-2-1-5-8/h5H,1-4,11H2;3,5H,1-2,8H2,(H,4,6)/t5-;/m1./s1. The molecule has 2 fully saturated rings. The normalized spacial score (nSPS) is 20.9. The van der Waals surface area contributed by atoms with Crippen molar-refractivity contribution >= 4 is 31.3 Å². The molecular formula is C9H20N4O4P2. The van der Waals surface area contributed by atoms with Crippen LogP contribution in [0.5, 0.6) is 0 Å². The number of hydroxylamine groups is 3. The second-order valence-electron chi connectivity index (χ2n) is 3.99. The molecule has 0 aromatic heterocycles. The third-order valence-corrected chi connectivity index (χ3v) is 3.30. The summed E-state index contributed by atoms with van der Waals surface area (Å²) in [6.45, 7) is 2.90. The van der Waals surface area contributed by atoms with Crippen LogP contribution < -0.4 is 10.6 Å². The van der Waals surface area contributed by atoms with Crippen LogP contribution >= 0.6 is 18.9 Å². The number of rotatable bonds is 6. The first kappa shape index (κ1) is 16.5. The highest BCUT2D eigenvalue weighted by molar-refractivity contribution is 7.13. The summed E-state index contributed by atoms with van der Waals surface area (Å²) in [5, 5.41) is 4.22. The predicted molar refractivity (Wildman–Crippen MR) is 75.5 cm³/mol. The first-order chi connectivity index (χ1) is 9.24. The summed E-state index contributed by atoms with van der Waals surface area (Å²) in [5.74, 6) is 0. The van der Waals surface area contributed by atoms with Crippen molar-refractivity contribution in [3.05, 3.63) is 0 Å². The zero-order chi connectivity index (χ0) is 14.1. The molecule has 0 spiro atoms. The fourth-order valence-electron chi connectivity index (χ4n) is 1.95. The van der Waals surface area contributed by atoms with E-state index in [2.05, 4.69) is 34.3 Å². The smallest absolute Gasteiger partial charge is 0.321 e. The summed E-state index contributed by atoms with van der Waals surface area (Å²) < 4.78 is 4.90. The van der Waals surface area contributed by atoms with Crippen molar-refractivity contribution in [1.29, 1.82) is 0 Å². The van der Waals surface area contributed by atoms with Gasteiger partial charge in [0, 0.05) is 29.1 Å². The van der Waals surface area contributed by atoms with E-state index < -0.39 is 0 Å². The number of nitrogens with one attached hydrogen (secondary N) is 2. The van der Waals surface area contributed by atoms with Crippen LogP contribution in [0.15, 0.2) is 0 Å². The number of nitrogens with zero attached hydrogens (tertiary/aromatic N) is 2. The number of hydrogen-bond donors (Lipinski definition) is 2. The van der Waals surface area contributed by atoms with Crippen LogP contribution in [0.4, 0.5) is 4.79 Å². The zero-order valence-electron chi connectivity index (χ0n) is 10.6. The van der Waals surface area contributed by atoms with E-state index >= 15 is 0 Å². The minimum absolute atomic E-state index is 0.0162. The molecule has 2 N–H and O–H groups in total. The van der Waals surface area contributed by atoms with Crippen molar-refractivity contribution in [3.8, 4) is 0 Å². The van der Waals surface area contributed by atoms with Crippen molar-refractivity contribution < 1.29 is 19.1 Å². The van der Waals surface area contributed by atoms with Gasteiger partial charge < -0.3 is 4.90 Å². The van der Waals surface area contributed by atoms with Gasteiger partial charge in [-0.15, -0.1) is 0 Å². The number of urea groups is 1. The molecule has 0 radical (unpaired) electrons. The third-order valence-electron chi connectivity index (χ3n) is 2.78. The fourth-order valence-corrected chi connectivity index (χ4v) is 2.33. The average Bonchev–Trinajstić information content (AvgIpc) is 2.65. The summed E-state index contributed by atoms with van der Waals surface area (Å²) in [6, 6.07) is 0.302. The molecule has 8 nitrogen and oxygen atoms in total. The lowest BCUT2D eigenvalue weighted by atomic mass is 10.1. The van der Waals surface area contributed by atoms with E-state index in [1.165, 1.54) is 5.06 Å². The van der Waals surface area contributed by atoms with E-state index in [1.54, 1.807) is 0 Å². The Hall–Kier alpha value is -0.520. The molecular weight excluding hydrogens is 290 g/mol. The van der Waals surface area contributed by atoms with E-state index in [0.29, 0.717) is 19.6 Å². The fraction of sp³-hybridized carbons (Fsp3) is 0.778. The highest BCUT2D eigenvalue weighted by atomic mass is 31.0. The Kier molecular flexibility index (Phi) is 8.18. The van der Waals surface area contributed by atoms with Crippen molar-refractivity contribution in [2.75, 3.05) is 26.2 Å². The number of hydrogen-bond acceptors (Lipinski definition) is 5. The summed E-state index contributed by atoms with van der Waals surface area (Å²) >= 11 is 0. The summed E-state index contributed by atoms with van der Waals surface area (Å²) in [6.07, 6.45) is 2.65. The Bertz CT molecular complexity index is 297. The van der Waals surface area contributed by atoms with Crippen LogP contribution in [0.25, 0.3) is 0 Å². The van der Waals surface area contributed by atoms with Crippen LogP contribution in [0.3, 0.4) is 0 Å². The number of carbonyl (C=O) groups is 2. The molecule has 2 bridgehead atoms. The lowest BCUT2D eigenvalue weighted by Gasteiger charge is -2.20. The topological polar surface area (TPSA) is 83.1 Å². The maximum Gasteiger partial charge on any atom is 0.344 e. The van der Waals surface area contributed by atoms with E-state index in [9.17, 15) is 9.59 Å². The number of fused-ring (bicyclic) bond motifs is 2. The van der Waals surface area contributed by atoms with Gasteiger partial charge in [0.15, 0.2) is 0 Å². The van der Waals surface area contributed by atoms with Crippen molar-refractivity contribution in [2.24, 2.45) is 0 Å². The molecule has 2 saturated heterocycles. The van der Waals surface area contributed by atoms with Gasteiger partial charge in [0.2, 0.25) is 6.41 Å². The molecule has 2 rings (SSSR count). The first-order valence-electron chi connectivity index (χ1n) is 5.94. The number of carbonyl (C=O) groups excluding carboxylic acids is 2. The minimum atomic E-state index is 0.0162. The molecule has 0 aromatic rings. The van der Waals surface area contributed by atoms with Gasteiger partial charge >= 0.3 is 6.03 Å². The molecule has 2 aliphatic rings. The molecule has 19 heavy (non-hydrogen) atoms.